The van der Waals surface area contributed by atoms with Crippen LogP contribution < -0.4 is 15.5 Å². The van der Waals surface area contributed by atoms with E-state index in [2.05, 4.69) is 46.7 Å². The summed E-state index contributed by atoms with van der Waals surface area (Å²) in [5.74, 6) is 0.744. The van der Waals surface area contributed by atoms with E-state index >= 15 is 0 Å². The van der Waals surface area contributed by atoms with Gasteiger partial charge >= 0.3 is 6.03 Å². The summed E-state index contributed by atoms with van der Waals surface area (Å²) in [7, 11) is 0. The van der Waals surface area contributed by atoms with E-state index in [1.54, 1.807) is 11.0 Å². The molecule has 0 atom stereocenters. The molecular formula is C25H32N4O2. The molecule has 2 aliphatic rings. The van der Waals surface area contributed by atoms with Gasteiger partial charge in [0.2, 0.25) is 0 Å². The number of piperidine rings is 1. The SMILES string of the molecule is Cc1cc(C(=O)NCc2ccc(CN3CCC(C)CC3)cc2)ccc1N1CCNC1=O. The molecule has 6 nitrogen and oxygen atoms in total. The molecule has 2 aromatic carbocycles. The van der Waals surface area contributed by atoms with Crippen LogP contribution in [0.1, 0.15) is 46.8 Å². The molecule has 2 aromatic rings. The Labute approximate surface area is 184 Å². The standard InChI is InChI=1S/C25H32N4O2/c1-18-9-12-28(13-10-18)17-21-5-3-20(4-6-21)16-27-24(30)22-7-8-23(19(2)15-22)29-14-11-26-25(29)31/h3-8,15,18H,9-14,16-17H2,1-2H3,(H,26,31)(H,27,30). The molecule has 3 amide bonds. The predicted octanol–water partition coefficient (Wildman–Crippen LogP) is 3.69. The Bertz CT molecular complexity index is 933. The zero-order chi connectivity index (χ0) is 21.8. The third-order valence-corrected chi connectivity index (χ3v) is 6.37. The minimum absolute atomic E-state index is 0.0846. The molecule has 2 aliphatic heterocycles. The molecule has 2 N–H and O–H groups in total. The maximum Gasteiger partial charge on any atom is 0.322 e. The minimum atomic E-state index is -0.105. The third kappa shape index (κ3) is 5.25. The van der Waals surface area contributed by atoms with Crippen molar-refractivity contribution in [1.82, 2.24) is 15.5 Å². The first-order valence-electron chi connectivity index (χ1n) is 11.2. The predicted molar refractivity (Wildman–Crippen MR) is 123 cm³/mol. The van der Waals surface area contributed by atoms with Gasteiger partial charge in [0.15, 0.2) is 0 Å². The summed E-state index contributed by atoms with van der Waals surface area (Å²) in [5.41, 5.74) is 4.79. The molecule has 2 heterocycles. The Morgan fingerprint density at radius 1 is 1.06 bits per heavy atom. The normalized spacial score (nSPS) is 17.6. The largest absolute Gasteiger partial charge is 0.348 e. The molecule has 0 aromatic heterocycles. The number of benzene rings is 2. The number of likely N-dealkylation sites (tertiary alicyclic amines) is 1. The molecule has 0 radical (unpaired) electrons. The molecule has 0 aliphatic carbocycles. The van der Waals surface area contributed by atoms with Crippen molar-refractivity contribution in [3.05, 3.63) is 64.7 Å². The fourth-order valence-electron chi connectivity index (χ4n) is 4.33. The lowest BCUT2D eigenvalue weighted by Crippen LogP contribution is -2.32. The van der Waals surface area contributed by atoms with Crippen molar-refractivity contribution in [3.8, 4) is 0 Å². The molecule has 4 rings (SSSR count). The van der Waals surface area contributed by atoms with Gasteiger partial charge in [0, 0.05) is 37.4 Å². The van der Waals surface area contributed by atoms with Crippen molar-refractivity contribution in [1.29, 1.82) is 0 Å². The van der Waals surface area contributed by atoms with E-state index in [-0.39, 0.29) is 11.9 Å². The average Bonchev–Trinajstić information content (AvgIpc) is 3.20. The van der Waals surface area contributed by atoms with Gasteiger partial charge in [-0.3, -0.25) is 14.6 Å². The highest BCUT2D eigenvalue weighted by molar-refractivity contribution is 5.97. The van der Waals surface area contributed by atoms with Crippen LogP contribution >= 0.6 is 0 Å². The fourth-order valence-corrected chi connectivity index (χ4v) is 4.33. The van der Waals surface area contributed by atoms with E-state index in [9.17, 15) is 9.59 Å². The summed E-state index contributed by atoms with van der Waals surface area (Å²) in [4.78, 5) is 28.7. The smallest absolute Gasteiger partial charge is 0.322 e. The van der Waals surface area contributed by atoms with Gasteiger partial charge in [-0.05, 0) is 73.7 Å². The molecule has 0 bridgehead atoms. The van der Waals surface area contributed by atoms with Crippen LogP contribution in [0.2, 0.25) is 0 Å². The lowest BCUT2D eigenvalue weighted by atomic mass is 9.99. The van der Waals surface area contributed by atoms with Gasteiger partial charge in [-0.2, -0.15) is 0 Å². The second-order valence-corrected chi connectivity index (χ2v) is 8.84. The van der Waals surface area contributed by atoms with E-state index in [0.29, 0.717) is 25.2 Å². The van der Waals surface area contributed by atoms with Gasteiger partial charge in [0.05, 0.1) is 0 Å². The van der Waals surface area contributed by atoms with E-state index < -0.39 is 0 Å². The van der Waals surface area contributed by atoms with Crippen LogP contribution in [-0.2, 0) is 13.1 Å². The van der Waals surface area contributed by atoms with Crippen LogP contribution in [0, 0.1) is 12.8 Å². The number of hydrogen-bond acceptors (Lipinski definition) is 3. The van der Waals surface area contributed by atoms with Gasteiger partial charge in [-0.1, -0.05) is 31.2 Å². The molecule has 0 spiro atoms. The first-order chi connectivity index (χ1) is 15.0. The monoisotopic (exact) mass is 420 g/mol. The molecule has 31 heavy (non-hydrogen) atoms. The molecule has 0 unspecified atom stereocenters. The summed E-state index contributed by atoms with van der Waals surface area (Å²) in [6, 6.07) is 13.9. The van der Waals surface area contributed by atoms with Gasteiger partial charge in [-0.15, -0.1) is 0 Å². The van der Waals surface area contributed by atoms with Crippen LogP contribution in [0.25, 0.3) is 0 Å². The second-order valence-electron chi connectivity index (χ2n) is 8.84. The van der Waals surface area contributed by atoms with E-state index in [4.69, 9.17) is 0 Å². The van der Waals surface area contributed by atoms with Crippen LogP contribution in [0.4, 0.5) is 10.5 Å². The number of rotatable bonds is 6. The molecule has 0 saturated carbocycles. The summed E-state index contributed by atoms with van der Waals surface area (Å²) < 4.78 is 0. The van der Waals surface area contributed by atoms with Crippen LogP contribution in [-0.4, -0.2) is 43.0 Å². The molecule has 164 valence electrons. The lowest BCUT2D eigenvalue weighted by Gasteiger charge is -2.30. The van der Waals surface area contributed by atoms with Gasteiger partial charge in [0.25, 0.3) is 5.91 Å². The first kappa shape index (κ1) is 21.4. The van der Waals surface area contributed by atoms with Crippen LogP contribution in [0.3, 0.4) is 0 Å². The number of carbonyl (C=O) groups is 2. The van der Waals surface area contributed by atoms with E-state index in [0.717, 1.165) is 29.3 Å². The Hall–Kier alpha value is -2.86. The van der Waals surface area contributed by atoms with Gasteiger partial charge in [0.1, 0.15) is 0 Å². The van der Waals surface area contributed by atoms with Crippen molar-refractivity contribution < 1.29 is 9.59 Å². The molecule has 2 saturated heterocycles. The fraction of sp³-hybridized carbons (Fsp3) is 0.440. The summed E-state index contributed by atoms with van der Waals surface area (Å²) >= 11 is 0. The quantitative estimate of drug-likeness (QED) is 0.749. The van der Waals surface area contributed by atoms with Crippen LogP contribution in [0.15, 0.2) is 42.5 Å². The zero-order valence-electron chi connectivity index (χ0n) is 18.5. The highest BCUT2D eigenvalue weighted by Gasteiger charge is 2.23. The van der Waals surface area contributed by atoms with Crippen molar-refractivity contribution in [2.45, 2.75) is 39.8 Å². The molecule has 6 heteroatoms. The van der Waals surface area contributed by atoms with Crippen molar-refractivity contribution in [3.63, 3.8) is 0 Å². The highest BCUT2D eigenvalue weighted by atomic mass is 16.2. The van der Waals surface area contributed by atoms with Crippen molar-refractivity contribution >= 4 is 17.6 Å². The topological polar surface area (TPSA) is 64.7 Å². The van der Waals surface area contributed by atoms with E-state index in [1.165, 1.54) is 31.5 Å². The first-order valence-corrected chi connectivity index (χ1v) is 11.2. The molecular weight excluding hydrogens is 388 g/mol. The van der Waals surface area contributed by atoms with Gasteiger partial charge < -0.3 is 10.6 Å². The number of aryl methyl sites for hydroxylation is 1. The van der Waals surface area contributed by atoms with E-state index in [1.807, 2.05) is 19.1 Å². The zero-order valence-corrected chi connectivity index (χ0v) is 18.5. The number of carbonyl (C=O) groups excluding carboxylic acids is 2. The summed E-state index contributed by atoms with van der Waals surface area (Å²) in [6.07, 6.45) is 2.57. The maximum atomic E-state index is 12.6. The van der Waals surface area contributed by atoms with Crippen molar-refractivity contribution in [2.75, 3.05) is 31.1 Å². The summed E-state index contributed by atoms with van der Waals surface area (Å²) in [5, 5.41) is 5.81. The van der Waals surface area contributed by atoms with Gasteiger partial charge in [-0.25, -0.2) is 4.79 Å². The number of anilines is 1. The summed E-state index contributed by atoms with van der Waals surface area (Å²) in [6.45, 7) is 9.42. The Balaban J connectivity index is 1.30. The maximum absolute atomic E-state index is 12.6. The minimum Gasteiger partial charge on any atom is -0.348 e. The average molecular weight is 421 g/mol. The highest BCUT2D eigenvalue weighted by Crippen LogP contribution is 2.23. The Kier molecular flexibility index (Phi) is 6.56. The number of nitrogens with one attached hydrogen (secondary N) is 2. The number of nitrogens with zero attached hydrogens (tertiary/aromatic N) is 2. The lowest BCUT2D eigenvalue weighted by molar-refractivity contribution is 0.0951. The van der Waals surface area contributed by atoms with Crippen molar-refractivity contribution in [2.24, 2.45) is 5.92 Å². The second kappa shape index (κ2) is 9.52. The third-order valence-electron chi connectivity index (χ3n) is 6.37. The Morgan fingerprint density at radius 2 is 1.77 bits per heavy atom. The van der Waals surface area contributed by atoms with Crippen LogP contribution in [0.5, 0.6) is 0 Å². The number of amides is 3. The number of hydrogen-bond donors (Lipinski definition) is 2. The number of urea groups is 1. The Morgan fingerprint density at radius 3 is 2.42 bits per heavy atom. The molecule has 2 fully saturated rings.